The van der Waals surface area contributed by atoms with Crippen molar-refractivity contribution in [1.29, 1.82) is 0 Å². The van der Waals surface area contributed by atoms with Gasteiger partial charge < -0.3 is 19.7 Å². The number of Topliss-reactive ketones (excluding diaryl/α,β-unsaturated/α-hetero) is 1. The molecule has 0 radical (unpaired) electrons. The Labute approximate surface area is 255 Å². The maximum atomic E-state index is 15.3. The highest BCUT2D eigenvalue weighted by molar-refractivity contribution is 5.96. The molecule has 1 atom stereocenters. The van der Waals surface area contributed by atoms with E-state index in [1.165, 1.54) is 15.2 Å². The third-order valence-corrected chi connectivity index (χ3v) is 8.37. The Morgan fingerprint density at radius 1 is 1.05 bits per heavy atom. The summed E-state index contributed by atoms with van der Waals surface area (Å²) >= 11 is 0. The molecule has 0 spiro atoms. The van der Waals surface area contributed by atoms with Gasteiger partial charge in [-0.1, -0.05) is 0 Å². The number of anilines is 1. The highest BCUT2D eigenvalue weighted by Gasteiger charge is 2.28. The molecule has 236 valence electrons. The molecule has 44 heavy (non-hydrogen) atoms. The molecule has 10 nitrogen and oxygen atoms in total. The number of nitrogens with zero attached hydrogens (tertiary/aromatic N) is 3. The lowest BCUT2D eigenvalue weighted by Gasteiger charge is -2.32. The molecule has 2 aliphatic rings. The molecule has 1 aliphatic carbocycles. The van der Waals surface area contributed by atoms with Gasteiger partial charge in [-0.3, -0.25) is 18.7 Å². The normalized spacial score (nSPS) is 16.8. The number of halogens is 1. The van der Waals surface area contributed by atoms with Gasteiger partial charge in [0, 0.05) is 63.9 Å². The van der Waals surface area contributed by atoms with E-state index in [0.717, 1.165) is 31.7 Å². The summed E-state index contributed by atoms with van der Waals surface area (Å²) in [6.45, 7) is 5.94. The van der Waals surface area contributed by atoms with Crippen LogP contribution in [-0.2, 0) is 11.3 Å². The maximum Gasteiger partial charge on any atom is 0.331 e. The molecule has 1 aromatic heterocycles. The zero-order valence-corrected chi connectivity index (χ0v) is 25.6. The SMILES string of the molecule is COCCCOc1ccc(C(=O)CC2CCCN(C(=O)Nc3cc4c(=O)n(CC5CC5)c(=O)n(C(C)C)c4cc3F)C2)cc1. The van der Waals surface area contributed by atoms with Crippen LogP contribution in [0.15, 0.2) is 46.0 Å². The van der Waals surface area contributed by atoms with Gasteiger partial charge in [0.25, 0.3) is 5.56 Å². The van der Waals surface area contributed by atoms with Crippen LogP contribution in [0.3, 0.4) is 0 Å². The number of hydrogen-bond donors (Lipinski definition) is 1. The number of piperidine rings is 1. The standard InChI is InChI=1S/C33H41FN4O6/c1-21(2)38-29-18-27(34)28(17-26(29)31(40)37(33(38)42)20-22-7-8-22)35-32(41)36-13-4-6-23(19-36)16-30(39)24-9-11-25(12-10-24)44-15-5-14-43-3/h9-12,17-18,21-23H,4-8,13-16,19-20H2,1-3H3,(H,35,41). The molecule has 1 saturated heterocycles. The number of likely N-dealkylation sites (tertiary alicyclic amines) is 1. The zero-order chi connectivity index (χ0) is 31.4. The van der Waals surface area contributed by atoms with Crippen LogP contribution in [0.2, 0.25) is 0 Å². The molecule has 1 N–H and O–H groups in total. The lowest BCUT2D eigenvalue weighted by Crippen LogP contribution is -2.43. The van der Waals surface area contributed by atoms with Gasteiger partial charge in [0.05, 0.1) is 23.2 Å². The number of rotatable bonds is 12. The summed E-state index contributed by atoms with van der Waals surface area (Å²) < 4.78 is 28.7. The fraction of sp³-hybridized carbons (Fsp3) is 0.515. The van der Waals surface area contributed by atoms with Crippen LogP contribution in [0.4, 0.5) is 14.9 Å². The van der Waals surface area contributed by atoms with Crippen LogP contribution in [0, 0.1) is 17.7 Å². The van der Waals surface area contributed by atoms with Crippen LogP contribution in [-0.4, -0.2) is 59.3 Å². The van der Waals surface area contributed by atoms with E-state index in [9.17, 15) is 19.2 Å². The predicted molar refractivity (Wildman–Crippen MR) is 166 cm³/mol. The van der Waals surface area contributed by atoms with Crippen LogP contribution >= 0.6 is 0 Å². The predicted octanol–water partition coefficient (Wildman–Crippen LogP) is 5.23. The first-order valence-corrected chi connectivity index (χ1v) is 15.5. The van der Waals surface area contributed by atoms with Gasteiger partial charge in [-0.05, 0) is 81.7 Å². The first-order valence-electron chi connectivity index (χ1n) is 15.5. The second-order valence-corrected chi connectivity index (χ2v) is 12.2. The zero-order valence-electron chi connectivity index (χ0n) is 25.6. The maximum absolute atomic E-state index is 15.3. The van der Waals surface area contributed by atoms with E-state index in [0.29, 0.717) is 56.5 Å². The number of benzene rings is 2. The Bertz CT molecular complexity index is 1630. The monoisotopic (exact) mass is 608 g/mol. The molecule has 1 aliphatic heterocycles. The van der Waals surface area contributed by atoms with Crippen LogP contribution in [0.5, 0.6) is 5.75 Å². The lowest BCUT2D eigenvalue weighted by atomic mass is 9.91. The molecular weight excluding hydrogens is 567 g/mol. The number of methoxy groups -OCH3 is 1. The van der Waals surface area contributed by atoms with Gasteiger partial charge in [-0.15, -0.1) is 0 Å². The van der Waals surface area contributed by atoms with Crippen LogP contribution in [0.1, 0.15) is 68.8 Å². The summed E-state index contributed by atoms with van der Waals surface area (Å²) in [4.78, 5) is 54.4. The number of nitrogens with one attached hydrogen (secondary N) is 1. The van der Waals surface area contributed by atoms with Gasteiger partial charge in [0.1, 0.15) is 11.6 Å². The smallest absolute Gasteiger partial charge is 0.331 e. The number of carbonyl (C=O) groups is 2. The minimum atomic E-state index is -0.728. The van der Waals surface area contributed by atoms with Gasteiger partial charge in [-0.2, -0.15) is 0 Å². The molecule has 2 amide bonds. The van der Waals surface area contributed by atoms with Crippen molar-refractivity contribution in [3.05, 3.63) is 68.6 Å². The molecule has 0 bridgehead atoms. The Morgan fingerprint density at radius 2 is 1.80 bits per heavy atom. The largest absolute Gasteiger partial charge is 0.494 e. The molecular formula is C33H41FN4O6. The number of fused-ring (bicyclic) bond motifs is 1. The van der Waals surface area contributed by atoms with Crippen molar-refractivity contribution in [2.24, 2.45) is 11.8 Å². The number of amides is 2. The van der Waals surface area contributed by atoms with Crippen molar-refractivity contribution < 1.29 is 23.5 Å². The molecule has 2 fully saturated rings. The molecule has 3 aromatic rings. The van der Waals surface area contributed by atoms with Crippen molar-refractivity contribution in [3.63, 3.8) is 0 Å². The molecule has 11 heteroatoms. The Hall–Kier alpha value is -3.99. The number of hydrogen-bond acceptors (Lipinski definition) is 6. The van der Waals surface area contributed by atoms with E-state index in [-0.39, 0.29) is 40.8 Å². The highest BCUT2D eigenvalue weighted by atomic mass is 19.1. The quantitative estimate of drug-likeness (QED) is 0.223. The van der Waals surface area contributed by atoms with Crippen molar-refractivity contribution >= 4 is 28.4 Å². The number of urea groups is 1. The van der Waals surface area contributed by atoms with Gasteiger partial charge in [-0.25, -0.2) is 14.0 Å². The number of ketones is 1. The minimum Gasteiger partial charge on any atom is -0.494 e. The van der Waals surface area contributed by atoms with Gasteiger partial charge in [0.15, 0.2) is 5.78 Å². The average molecular weight is 609 g/mol. The minimum absolute atomic E-state index is 0.0116. The van der Waals surface area contributed by atoms with E-state index in [1.54, 1.807) is 36.3 Å². The average Bonchev–Trinajstić information content (AvgIpc) is 3.83. The summed E-state index contributed by atoms with van der Waals surface area (Å²) in [7, 11) is 1.64. The van der Waals surface area contributed by atoms with E-state index in [2.05, 4.69) is 5.32 Å². The Kier molecular flexibility index (Phi) is 9.83. The summed E-state index contributed by atoms with van der Waals surface area (Å²) in [5.41, 5.74) is -0.251. The summed E-state index contributed by atoms with van der Waals surface area (Å²) in [6.07, 6.45) is 4.51. The van der Waals surface area contributed by atoms with Crippen LogP contribution in [0.25, 0.3) is 10.9 Å². The third kappa shape index (κ3) is 7.20. The fourth-order valence-corrected chi connectivity index (χ4v) is 5.83. The Balaban J connectivity index is 1.26. The molecule has 1 saturated carbocycles. The number of ether oxygens (including phenoxy) is 2. The van der Waals surface area contributed by atoms with Gasteiger partial charge in [0.2, 0.25) is 0 Å². The molecule has 2 aromatic carbocycles. The van der Waals surface area contributed by atoms with Crippen molar-refractivity contribution in [2.45, 2.75) is 65.0 Å². The van der Waals surface area contributed by atoms with Crippen molar-refractivity contribution in [3.8, 4) is 5.75 Å². The second kappa shape index (κ2) is 13.8. The number of aromatic nitrogens is 2. The fourth-order valence-electron chi connectivity index (χ4n) is 5.83. The Morgan fingerprint density at radius 3 is 2.48 bits per heavy atom. The third-order valence-electron chi connectivity index (χ3n) is 8.37. The van der Waals surface area contributed by atoms with Gasteiger partial charge >= 0.3 is 11.7 Å². The molecule has 5 rings (SSSR count). The topological polar surface area (TPSA) is 112 Å². The highest BCUT2D eigenvalue weighted by Crippen LogP contribution is 2.30. The van der Waals surface area contributed by atoms with Crippen molar-refractivity contribution in [1.82, 2.24) is 14.0 Å². The van der Waals surface area contributed by atoms with Crippen molar-refractivity contribution in [2.75, 3.05) is 38.7 Å². The van der Waals surface area contributed by atoms with E-state index in [1.807, 2.05) is 13.8 Å². The summed E-state index contributed by atoms with van der Waals surface area (Å²) in [6, 6.07) is 8.76. The second-order valence-electron chi connectivity index (χ2n) is 12.2. The summed E-state index contributed by atoms with van der Waals surface area (Å²) in [5, 5.41) is 2.83. The lowest BCUT2D eigenvalue weighted by molar-refractivity contribution is 0.0931. The van der Waals surface area contributed by atoms with Crippen LogP contribution < -0.4 is 21.3 Å². The van der Waals surface area contributed by atoms with E-state index < -0.39 is 23.1 Å². The first-order chi connectivity index (χ1) is 21.2. The first kappa shape index (κ1) is 31.4. The van der Waals surface area contributed by atoms with E-state index in [4.69, 9.17) is 9.47 Å². The summed E-state index contributed by atoms with van der Waals surface area (Å²) in [5.74, 6) is 0.204. The van der Waals surface area contributed by atoms with E-state index >= 15 is 4.39 Å². The molecule has 1 unspecified atom stereocenters. The number of carbonyl (C=O) groups excluding carboxylic acids is 2. The molecule has 2 heterocycles.